The number of rotatable bonds is 4. The van der Waals surface area contributed by atoms with E-state index in [1.54, 1.807) is 6.07 Å². The van der Waals surface area contributed by atoms with Gasteiger partial charge >= 0.3 is 0 Å². The fourth-order valence-electron chi connectivity index (χ4n) is 5.53. The zero-order valence-corrected chi connectivity index (χ0v) is 12.0. The van der Waals surface area contributed by atoms with Gasteiger partial charge < -0.3 is 10.3 Å². The van der Waals surface area contributed by atoms with E-state index in [9.17, 15) is 4.79 Å². The summed E-state index contributed by atoms with van der Waals surface area (Å²) < 4.78 is 0. The highest BCUT2D eigenvalue weighted by molar-refractivity contribution is 5.09. The molecule has 0 saturated heterocycles. The lowest BCUT2D eigenvalue weighted by Crippen LogP contribution is -2.50. The van der Waals surface area contributed by atoms with E-state index in [0.717, 1.165) is 30.8 Å². The van der Waals surface area contributed by atoms with Crippen LogP contribution in [0.1, 0.15) is 44.1 Å². The quantitative estimate of drug-likeness (QED) is 0.885. The van der Waals surface area contributed by atoms with Gasteiger partial charge in [0.1, 0.15) is 0 Å². The van der Waals surface area contributed by atoms with Crippen molar-refractivity contribution >= 4 is 0 Å². The lowest BCUT2D eigenvalue weighted by molar-refractivity contribution is -0.0514. The maximum atomic E-state index is 11.0. The molecule has 4 saturated carbocycles. The van der Waals surface area contributed by atoms with E-state index in [-0.39, 0.29) is 5.56 Å². The number of H-pyrrole nitrogens is 1. The molecule has 0 amide bonds. The van der Waals surface area contributed by atoms with E-state index < -0.39 is 0 Å². The fourth-order valence-corrected chi connectivity index (χ4v) is 5.53. The first-order chi connectivity index (χ1) is 9.71. The Kier molecular flexibility index (Phi) is 2.99. The molecular weight excluding hydrogens is 248 g/mol. The third-order valence-corrected chi connectivity index (χ3v) is 5.84. The summed E-state index contributed by atoms with van der Waals surface area (Å²) in [6.07, 6.45) is 10.7. The monoisotopic (exact) mass is 272 g/mol. The first-order valence-corrected chi connectivity index (χ1v) is 8.09. The van der Waals surface area contributed by atoms with Gasteiger partial charge in [-0.25, -0.2) is 0 Å². The Morgan fingerprint density at radius 2 is 1.75 bits per heavy atom. The third-order valence-electron chi connectivity index (χ3n) is 5.84. The molecule has 5 rings (SSSR count). The van der Waals surface area contributed by atoms with Crippen molar-refractivity contribution in [2.24, 2.45) is 23.2 Å². The predicted molar refractivity (Wildman–Crippen MR) is 79.4 cm³/mol. The molecule has 20 heavy (non-hydrogen) atoms. The lowest BCUT2D eigenvalue weighted by atomic mass is 9.49. The lowest BCUT2D eigenvalue weighted by Gasteiger charge is -2.57. The van der Waals surface area contributed by atoms with Crippen molar-refractivity contribution in [1.82, 2.24) is 10.3 Å². The highest BCUT2D eigenvalue weighted by Gasteiger charge is 2.50. The van der Waals surface area contributed by atoms with Crippen molar-refractivity contribution < 1.29 is 0 Å². The van der Waals surface area contributed by atoms with E-state index in [4.69, 9.17) is 0 Å². The first-order valence-electron chi connectivity index (χ1n) is 8.09. The molecule has 4 fully saturated rings. The van der Waals surface area contributed by atoms with E-state index >= 15 is 0 Å². The van der Waals surface area contributed by atoms with Gasteiger partial charge in [-0.1, -0.05) is 6.07 Å². The molecule has 1 aromatic rings. The van der Waals surface area contributed by atoms with Gasteiger partial charge in [-0.3, -0.25) is 4.79 Å². The molecule has 3 heteroatoms. The van der Waals surface area contributed by atoms with E-state index in [1.807, 2.05) is 12.3 Å². The molecule has 0 atom stereocenters. The molecule has 0 radical (unpaired) electrons. The van der Waals surface area contributed by atoms with Gasteiger partial charge in [0.2, 0.25) is 5.56 Å². The zero-order chi connectivity index (χ0) is 13.6. The van der Waals surface area contributed by atoms with Crippen molar-refractivity contribution in [2.45, 2.75) is 45.1 Å². The molecule has 0 unspecified atom stereocenters. The van der Waals surface area contributed by atoms with Crippen LogP contribution in [0.2, 0.25) is 0 Å². The Morgan fingerprint density at radius 3 is 2.30 bits per heavy atom. The largest absolute Gasteiger partial charge is 0.329 e. The van der Waals surface area contributed by atoms with Gasteiger partial charge in [-0.05, 0) is 67.3 Å². The minimum atomic E-state index is -0.0187. The van der Waals surface area contributed by atoms with Crippen LogP contribution in [0, 0.1) is 23.2 Å². The molecule has 1 aromatic heterocycles. The van der Waals surface area contributed by atoms with Gasteiger partial charge in [0.15, 0.2) is 0 Å². The fraction of sp³-hybridized carbons (Fsp3) is 0.706. The zero-order valence-electron chi connectivity index (χ0n) is 12.0. The number of hydrogen-bond acceptors (Lipinski definition) is 2. The molecule has 4 aliphatic rings. The summed E-state index contributed by atoms with van der Waals surface area (Å²) in [4.78, 5) is 13.8. The smallest absolute Gasteiger partial charge is 0.247 e. The van der Waals surface area contributed by atoms with Crippen LogP contribution in [0.15, 0.2) is 23.1 Å². The summed E-state index contributed by atoms with van der Waals surface area (Å²) >= 11 is 0. The van der Waals surface area contributed by atoms with E-state index in [2.05, 4.69) is 10.3 Å². The molecule has 0 aromatic carbocycles. The van der Waals surface area contributed by atoms with Gasteiger partial charge in [-0.2, -0.15) is 0 Å². The molecule has 0 spiro atoms. The summed E-state index contributed by atoms with van der Waals surface area (Å²) in [6, 6.07) is 3.53. The maximum absolute atomic E-state index is 11.0. The third kappa shape index (κ3) is 2.32. The van der Waals surface area contributed by atoms with Crippen molar-refractivity contribution in [2.75, 3.05) is 6.54 Å². The molecule has 1 heterocycles. The van der Waals surface area contributed by atoms with Gasteiger partial charge in [0.05, 0.1) is 0 Å². The summed E-state index contributed by atoms with van der Waals surface area (Å²) in [5.74, 6) is 3.07. The van der Waals surface area contributed by atoms with Gasteiger partial charge in [0, 0.05) is 25.4 Å². The van der Waals surface area contributed by atoms with Crippen LogP contribution in [0.5, 0.6) is 0 Å². The highest BCUT2D eigenvalue weighted by Crippen LogP contribution is 2.59. The number of hydrogen-bond donors (Lipinski definition) is 2. The Morgan fingerprint density at radius 1 is 1.10 bits per heavy atom. The topological polar surface area (TPSA) is 44.9 Å². The Hall–Kier alpha value is -1.09. The number of aromatic amines is 1. The number of aromatic nitrogens is 1. The van der Waals surface area contributed by atoms with Gasteiger partial charge in [0.25, 0.3) is 0 Å². The van der Waals surface area contributed by atoms with Crippen molar-refractivity contribution in [3.63, 3.8) is 0 Å². The number of pyridine rings is 1. The highest BCUT2D eigenvalue weighted by atomic mass is 16.1. The second kappa shape index (κ2) is 4.73. The second-order valence-corrected chi connectivity index (χ2v) is 7.58. The maximum Gasteiger partial charge on any atom is 0.247 e. The van der Waals surface area contributed by atoms with Crippen molar-refractivity contribution in [3.05, 3.63) is 34.2 Å². The van der Waals surface area contributed by atoms with Crippen LogP contribution in [0.4, 0.5) is 0 Å². The SMILES string of the molecule is O=c1ccc(CNCC23CC4CC(CC(C4)C2)C3)c[nH]1. The summed E-state index contributed by atoms with van der Waals surface area (Å²) in [6.45, 7) is 2.04. The van der Waals surface area contributed by atoms with Crippen LogP contribution in [-0.4, -0.2) is 11.5 Å². The Labute approximate surface area is 120 Å². The normalized spacial score (nSPS) is 38.3. The standard InChI is InChI=1S/C17H24N2O/c20-16-2-1-12(10-19-16)9-18-11-17-6-13-3-14(7-17)5-15(4-13)8-17/h1-2,10,13-15,18H,3-9,11H2,(H,19,20). The molecule has 0 aliphatic heterocycles. The molecule has 4 aliphatic carbocycles. The molecule has 108 valence electrons. The van der Waals surface area contributed by atoms with E-state index in [1.165, 1.54) is 44.1 Å². The summed E-state index contributed by atoms with van der Waals surface area (Å²) in [5, 5.41) is 3.66. The summed E-state index contributed by atoms with van der Waals surface area (Å²) in [5.41, 5.74) is 1.75. The van der Waals surface area contributed by atoms with Crippen molar-refractivity contribution in [3.8, 4) is 0 Å². The molecule has 3 nitrogen and oxygen atoms in total. The Balaban J connectivity index is 1.37. The molecular formula is C17H24N2O. The second-order valence-electron chi connectivity index (χ2n) is 7.58. The van der Waals surface area contributed by atoms with Crippen LogP contribution in [0.25, 0.3) is 0 Å². The Bertz CT molecular complexity index is 492. The summed E-state index contributed by atoms with van der Waals surface area (Å²) in [7, 11) is 0. The molecule has 4 bridgehead atoms. The van der Waals surface area contributed by atoms with Crippen molar-refractivity contribution in [1.29, 1.82) is 0 Å². The van der Waals surface area contributed by atoms with Gasteiger partial charge in [-0.15, -0.1) is 0 Å². The van der Waals surface area contributed by atoms with E-state index in [0.29, 0.717) is 5.41 Å². The first kappa shape index (κ1) is 12.6. The van der Waals surface area contributed by atoms with Crippen LogP contribution >= 0.6 is 0 Å². The average molecular weight is 272 g/mol. The van der Waals surface area contributed by atoms with Crippen LogP contribution < -0.4 is 10.9 Å². The minimum absolute atomic E-state index is 0.0187. The number of nitrogens with one attached hydrogen (secondary N) is 2. The minimum Gasteiger partial charge on any atom is -0.329 e. The predicted octanol–water partition coefficient (Wildman–Crippen LogP) is 2.68. The van der Waals surface area contributed by atoms with Crippen LogP contribution in [-0.2, 0) is 6.54 Å². The average Bonchev–Trinajstić information content (AvgIpc) is 2.39. The van der Waals surface area contributed by atoms with Crippen LogP contribution in [0.3, 0.4) is 0 Å². The molecule has 2 N–H and O–H groups in total.